The van der Waals surface area contributed by atoms with E-state index >= 15 is 0 Å². The molecule has 0 aliphatic rings. The van der Waals surface area contributed by atoms with Crippen LogP contribution in [0.1, 0.15) is 13.8 Å². The summed E-state index contributed by atoms with van der Waals surface area (Å²) in [5.41, 5.74) is 0. The van der Waals surface area contributed by atoms with Crippen LogP contribution in [0.15, 0.2) is 0 Å². The van der Waals surface area contributed by atoms with Crippen LogP contribution < -0.4 is 0 Å². The highest BCUT2D eigenvalue weighted by atomic mass is 35.5. The van der Waals surface area contributed by atoms with E-state index < -0.39 is 11.2 Å². The minimum atomic E-state index is -0.689. The molecule has 0 spiro atoms. The highest BCUT2D eigenvalue weighted by Crippen LogP contribution is 2.29. The third kappa shape index (κ3) is 2.79. The average molecular weight is 201 g/mol. The molecule has 0 radical (unpaired) electrons. The van der Waals surface area contributed by atoms with E-state index in [1.165, 1.54) is 14.2 Å². The van der Waals surface area contributed by atoms with Crippen LogP contribution >= 0.6 is 23.2 Å². The molecule has 0 saturated heterocycles. The van der Waals surface area contributed by atoms with E-state index in [1.54, 1.807) is 13.8 Å². The topological polar surface area (TPSA) is 18.5 Å². The van der Waals surface area contributed by atoms with E-state index in [0.717, 1.165) is 0 Å². The molecule has 4 heteroatoms. The van der Waals surface area contributed by atoms with Gasteiger partial charge in [-0.15, -0.1) is 23.2 Å². The average Bonchev–Trinajstić information content (AvgIpc) is 1.89. The van der Waals surface area contributed by atoms with Crippen LogP contribution in [0.25, 0.3) is 0 Å². The molecule has 68 valence electrons. The fourth-order valence-corrected chi connectivity index (χ4v) is 1.03. The molecule has 0 aliphatic carbocycles. The van der Waals surface area contributed by atoms with Crippen molar-refractivity contribution in [2.45, 2.75) is 30.4 Å². The molecule has 0 N–H and O–H groups in total. The van der Waals surface area contributed by atoms with Crippen LogP contribution in [0.2, 0.25) is 0 Å². The monoisotopic (exact) mass is 200 g/mol. The van der Waals surface area contributed by atoms with Crippen LogP contribution in [0, 0.1) is 0 Å². The molecule has 2 unspecified atom stereocenters. The quantitative estimate of drug-likeness (QED) is 0.512. The fourth-order valence-electron chi connectivity index (χ4n) is 0.745. The van der Waals surface area contributed by atoms with Crippen molar-refractivity contribution in [2.75, 3.05) is 14.2 Å². The molecule has 2 nitrogen and oxygen atoms in total. The summed E-state index contributed by atoms with van der Waals surface area (Å²) in [4.78, 5) is -0.689. The van der Waals surface area contributed by atoms with Crippen LogP contribution in [-0.4, -0.2) is 30.8 Å². The summed E-state index contributed by atoms with van der Waals surface area (Å²) in [5, 5.41) is -0.214. The summed E-state index contributed by atoms with van der Waals surface area (Å²) in [6.07, 6.45) is -0.475. The third-order valence-electron chi connectivity index (χ3n) is 1.67. The molecule has 0 amide bonds. The number of hydrogen-bond acceptors (Lipinski definition) is 2. The maximum atomic E-state index is 6.06. The van der Waals surface area contributed by atoms with Crippen molar-refractivity contribution in [3.63, 3.8) is 0 Å². The minimum Gasteiger partial charge on any atom is -0.354 e. The number of alkyl halides is 2. The van der Waals surface area contributed by atoms with Crippen molar-refractivity contribution in [2.24, 2.45) is 0 Å². The first-order valence-electron chi connectivity index (χ1n) is 3.35. The second-order valence-corrected chi connectivity index (χ2v) is 4.04. The Kier molecular flexibility index (Phi) is 4.71. The van der Waals surface area contributed by atoms with Crippen molar-refractivity contribution in [1.82, 2.24) is 0 Å². The third-order valence-corrected chi connectivity index (χ3v) is 2.74. The molecule has 0 fully saturated rings. The van der Waals surface area contributed by atoms with E-state index in [4.69, 9.17) is 32.7 Å². The Hall–Kier alpha value is 0.500. The molecule has 11 heavy (non-hydrogen) atoms. The SMILES string of the molecule is COC(OC)C(C)(Cl)C(C)Cl. The van der Waals surface area contributed by atoms with E-state index in [2.05, 4.69) is 0 Å². The lowest BCUT2D eigenvalue weighted by Gasteiger charge is -2.31. The Morgan fingerprint density at radius 1 is 1.27 bits per heavy atom. The molecule has 0 saturated carbocycles. The summed E-state index contributed by atoms with van der Waals surface area (Å²) >= 11 is 11.9. The first kappa shape index (κ1) is 11.5. The Labute approximate surface area is 77.8 Å². The van der Waals surface area contributed by atoms with Crippen LogP contribution in [0.5, 0.6) is 0 Å². The number of ether oxygens (including phenoxy) is 2. The van der Waals surface area contributed by atoms with Crippen molar-refractivity contribution in [3.05, 3.63) is 0 Å². The van der Waals surface area contributed by atoms with E-state index in [9.17, 15) is 0 Å². The molecular formula is C7H14Cl2O2. The second kappa shape index (κ2) is 4.51. The standard InChI is InChI=1S/C7H14Cl2O2/c1-5(8)7(2,9)6(10-3)11-4/h5-6H,1-4H3. The lowest BCUT2D eigenvalue weighted by atomic mass is 10.1. The van der Waals surface area contributed by atoms with Gasteiger partial charge in [0.25, 0.3) is 0 Å². The lowest BCUT2D eigenvalue weighted by Crippen LogP contribution is -2.43. The molecule has 0 aromatic heterocycles. The molecule has 0 bridgehead atoms. The number of hydrogen-bond donors (Lipinski definition) is 0. The van der Waals surface area contributed by atoms with Gasteiger partial charge in [-0.25, -0.2) is 0 Å². The van der Waals surface area contributed by atoms with Crippen molar-refractivity contribution in [1.29, 1.82) is 0 Å². The van der Waals surface area contributed by atoms with Crippen LogP contribution in [-0.2, 0) is 9.47 Å². The van der Waals surface area contributed by atoms with E-state index in [-0.39, 0.29) is 5.38 Å². The molecular weight excluding hydrogens is 187 g/mol. The first-order chi connectivity index (χ1) is 4.96. The number of methoxy groups -OCH3 is 2. The Morgan fingerprint density at radius 3 is 1.73 bits per heavy atom. The van der Waals surface area contributed by atoms with Gasteiger partial charge in [0.1, 0.15) is 4.87 Å². The first-order valence-corrected chi connectivity index (χ1v) is 4.16. The zero-order chi connectivity index (χ0) is 9.07. The molecule has 2 atom stereocenters. The van der Waals surface area contributed by atoms with Gasteiger partial charge in [-0.2, -0.15) is 0 Å². The Bertz CT molecular complexity index is 111. The molecule has 0 aromatic carbocycles. The highest BCUT2D eigenvalue weighted by Gasteiger charge is 2.37. The van der Waals surface area contributed by atoms with Gasteiger partial charge in [0.2, 0.25) is 0 Å². The van der Waals surface area contributed by atoms with Gasteiger partial charge in [-0.05, 0) is 13.8 Å². The van der Waals surface area contributed by atoms with E-state index in [0.29, 0.717) is 0 Å². The molecule has 0 heterocycles. The number of halogens is 2. The molecule has 0 aliphatic heterocycles. The Balaban J connectivity index is 4.24. The summed E-state index contributed by atoms with van der Waals surface area (Å²) in [6, 6.07) is 0. The lowest BCUT2D eigenvalue weighted by molar-refractivity contribution is -0.123. The summed E-state index contributed by atoms with van der Waals surface area (Å²) in [7, 11) is 3.07. The van der Waals surface area contributed by atoms with Gasteiger partial charge >= 0.3 is 0 Å². The maximum absolute atomic E-state index is 6.06. The summed E-state index contributed by atoms with van der Waals surface area (Å²) in [5.74, 6) is 0. The summed E-state index contributed by atoms with van der Waals surface area (Å²) < 4.78 is 9.97. The highest BCUT2D eigenvalue weighted by molar-refractivity contribution is 6.32. The van der Waals surface area contributed by atoms with Gasteiger partial charge in [-0.3, -0.25) is 0 Å². The second-order valence-electron chi connectivity index (χ2n) is 2.57. The predicted molar refractivity (Wildman–Crippen MR) is 47.4 cm³/mol. The van der Waals surface area contributed by atoms with Gasteiger partial charge in [0, 0.05) is 14.2 Å². The zero-order valence-corrected chi connectivity index (χ0v) is 8.74. The molecule has 0 aromatic rings. The predicted octanol–water partition coefficient (Wildman–Crippen LogP) is 2.23. The normalized spacial score (nSPS) is 19.9. The van der Waals surface area contributed by atoms with Crippen LogP contribution in [0.3, 0.4) is 0 Å². The number of rotatable bonds is 4. The Morgan fingerprint density at radius 2 is 1.64 bits per heavy atom. The molecule has 0 rings (SSSR count). The van der Waals surface area contributed by atoms with Gasteiger partial charge < -0.3 is 9.47 Å². The van der Waals surface area contributed by atoms with Crippen molar-refractivity contribution < 1.29 is 9.47 Å². The van der Waals surface area contributed by atoms with E-state index in [1.807, 2.05) is 0 Å². The smallest absolute Gasteiger partial charge is 0.177 e. The van der Waals surface area contributed by atoms with Gasteiger partial charge in [0.05, 0.1) is 5.38 Å². The van der Waals surface area contributed by atoms with Gasteiger partial charge in [-0.1, -0.05) is 0 Å². The van der Waals surface area contributed by atoms with Crippen LogP contribution in [0.4, 0.5) is 0 Å². The fraction of sp³-hybridized carbons (Fsp3) is 1.00. The largest absolute Gasteiger partial charge is 0.354 e. The minimum absolute atomic E-state index is 0.214. The zero-order valence-electron chi connectivity index (χ0n) is 7.23. The van der Waals surface area contributed by atoms with Gasteiger partial charge in [0.15, 0.2) is 6.29 Å². The maximum Gasteiger partial charge on any atom is 0.177 e. The van der Waals surface area contributed by atoms with Crippen molar-refractivity contribution in [3.8, 4) is 0 Å². The summed E-state index contributed by atoms with van der Waals surface area (Å²) in [6.45, 7) is 3.59. The van der Waals surface area contributed by atoms with Crippen molar-refractivity contribution >= 4 is 23.2 Å².